The molecule has 0 bridgehead atoms. The van der Waals surface area contributed by atoms with Crippen LogP contribution in [-0.2, 0) is 4.74 Å². The quantitative estimate of drug-likeness (QED) is 0.806. The lowest BCUT2D eigenvalue weighted by molar-refractivity contribution is 0.0598. The lowest BCUT2D eigenvalue weighted by Crippen LogP contribution is -2.43. The van der Waals surface area contributed by atoms with Crippen molar-refractivity contribution < 1.29 is 14.3 Å². The van der Waals surface area contributed by atoms with Crippen LogP contribution in [0.1, 0.15) is 10.4 Å². The Morgan fingerprint density at radius 3 is 2.76 bits per heavy atom. The predicted molar refractivity (Wildman–Crippen MR) is 96.6 cm³/mol. The molecule has 1 fully saturated rings. The summed E-state index contributed by atoms with van der Waals surface area (Å²) in [4.78, 5) is 18.2. The van der Waals surface area contributed by atoms with Gasteiger partial charge in [-0.1, -0.05) is 11.6 Å². The molecule has 0 aliphatic carbocycles. The molecule has 2 heterocycles. The van der Waals surface area contributed by atoms with Gasteiger partial charge in [-0.3, -0.25) is 0 Å². The largest absolute Gasteiger partial charge is 0.465 e. The number of pyridine rings is 1. The number of benzene rings is 1. The third kappa shape index (κ3) is 3.94. The summed E-state index contributed by atoms with van der Waals surface area (Å²) >= 11 is 5.99. The number of nitrogens with one attached hydrogen (secondary N) is 1. The number of nitrogen functional groups attached to an aromatic ring is 1. The molecule has 25 heavy (non-hydrogen) atoms. The van der Waals surface area contributed by atoms with Gasteiger partial charge in [0.05, 0.1) is 18.3 Å². The van der Waals surface area contributed by atoms with Crippen LogP contribution in [0.2, 0.25) is 5.02 Å². The van der Waals surface area contributed by atoms with Crippen LogP contribution < -0.4 is 20.7 Å². The monoisotopic (exact) mass is 362 g/mol. The Bertz CT molecular complexity index is 778. The zero-order valence-corrected chi connectivity index (χ0v) is 14.5. The molecule has 0 spiro atoms. The zero-order valence-electron chi connectivity index (χ0n) is 13.8. The summed E-state index contributed by atoms with van der Waals surface area (Å²) in [5.74, 6) is 0.514. The fourth-order valence-corrected chi connectivity index (χ4v) is 2.76. The standard InChI is InChI=1S/C17H19ClN4O3/c1-24-17(23)13-3-2-11(22-6-4-20-5-7-22)8-15(13)25-12-9-14(18)16(19)21-10-12/h2-3,8-10,20H,4-7H2,1H3,(H2,19,21). The molecule has 1 aliphatic rings. The lowest BCUT2D eigenvalue weighted by atomic mass is 10.1. The van der Waals surface area contributed by atoms with Crippen LogP contribution in [-0.4, -0.2) is 44.2 Å². The van der Waals surface area contributed by atoms with Crippen LogP contribution in [0.5, 0.6) is 11.5 Å². The topological polar surface area (TPSA) is 89.7 Å². The number of ether oxygens (including phenoxy) is 2. The number of esters is 1. The number of rotatable bonds is 4. The van der Waals surface area contributed by atoms with E-state index in [1.165, 1.54) is 13.3 Å². The van der Waals surface area contributed by atoms with Crippen LogP contribution in [0, 0.1) is 0 Å². The summed E-state index contributed by atoms with van der Waals surface area (Å²) in [6.45, 7) is 3.58. The lowest BCUT2D eigenvalue weighted by Gasteiger charge is -2.29. The van der Waals surface area contributed by atoms with Gasteiger partial charge in [-0.25, -0.2) is 9.78 Å². The van der Waals surface area contributed by atoms with Crippen molar-refractivity contribution in [3.8, 4) is 11.5 Å². The number of aromatic nitrogens is 1. The van der Waals surface area contributed by atoms with E-state index in [9.17, 15) is 4.79 Å². The van der Waals surface area contributed by atoms with E-state index >= 15 is 0 Å². The van der Waals surface area contributed by atoms with E-state index in [2.05, 4.69) is 15.2 Å². The van der Waals surface area contributed by atoms with Gasteiger partial charge in [0, 0.05) is 44.0 Å². The molecule has 132 valence electrons. The number of hydrogen-bond donors (Lipinski definition) is 2. The molecule has 1 aromatic heterocycles. The summed E-state index contributed by atoms with van der Waals surface area (Å²) < 4.78 is 10.7. The minimum absolute atomic E-state index is 0.219. The highest BCUT2D eigenvalue weighted by atomic mass is 35.5. The number of carbonyl (C=O) groups is 1. The molecule has 0 unspecified atom stereocenters. The second kappa shape index (κ2) is 7.58. The number of nitrogens with zero attached hydrogens (tertiary/aromatic N) is 2. The molecule has 3 N–H and O–H groups in total. The number of nitrogens with two attached hydrogens (primary N) is 1. The molecule has 0 amide bonds. The Morgan fingerprint density at radius 1 is 1.32 bits per heavy atom. The Hall–Kier alpha value is -2.51. The van der Waals surface area contributed by atoms with E-state index in [4.69, 9.17) is 26.8 Å². The molecule has 7 nitrogen and oxygen atoms in total. The van der Waals surface area contributed by atoms with Crippen molar-refractivity contribution in [3.05, 3.63) is 41.0 Å². The van der Waals surface area contributed by atoms with Crippen LogP contribution in [0.25, 0.3) is 0 Å². The van der Waals surface area contributed by atoms with E-state index in [-0.39, 0.29) is 10.8 Å². The van der Waals surface area contributed by atoms with Gasteiger partial charge >= 0.3 is 5.97 Å². The molecule has 0 radical (unpaired) electrons. The molecule has 1 aliphatic heterocycles. The molecule has 1 aromatic carbocycles. The first kappa shape index (κ1) is 17.3. The van der Waals surface area contributed by atoms with Crippen LogP contribution in [0.4, 0.5) is 11.5 Å². The first-order chi connectivity index (χ1) is 12.1. The summed E-state index contributed by atoms with van der Waals surface area (Å²) in [6.07, 6.45) is 1.46. The number of anilines is 2. The zero-order chi connectivity index (χ0) is 17.8. The minimum Gasteiger partial charge on any atom is -0.465 e. The van der Waals surface area contributed by atoms with Gasteiger partial charge < -0.3 is 25.4 Å². The van der Waals surface area contributed by atoms with E-state index in [1.807, 2.05) is 12.1 Å². The van der Waals surface area contributed by atoms with E-state index in [1.54, 1.807) is 12.1 Å². The Labute approximate surface area is 150 Å². The highest BCUT2D eigenvalue weighted by Gasteiger charge is 2.18. The van der Waals surface area contributed by atoms with Crippen molar-refractivity contribution >= 4 is 29.1 Å². The predicted octanol–water partition coefficient (Wildman–Crippen LogP) is 2.31. The minimum atomic E-state index is -0.476. The van der Waals surface area contributed by atoms with Gasteiger partial charge in [-0.15, -0.1) is 0 Å². The number of halogens is 1. The maximum Gasteiger partial charge on any atom is 0.341 e. The van der Waals surface area contributed by atoms with Crippen molar-refractivity contribution in [1.82, 2.24) is 10.3 Å². The summed E-state index contributed by atoms with van der Waals surface area (Å²) in [5, 5.41) is 3.59. The Kier molecular flexibility index (Phi) is 5.25. The summed E-state index contributed by atoms with van der Waals surface area (Å²) in [7, 11) is 1.33. The maximum absolute atomic E-state index is 12.0. The van der Waals surface area contributed by atoms with Crippen molar-refractivity contribution in [2.45, 2.75) is 0 Å². The third-order valence-electron chi connectivity index (χ3n) is 3.93. The number of hydrogen-bond acceptors (Lipinski definition) is 7. The molecule has 0 atom stereocenters. The first-order valence-electron chi connectivity index (χ1n) is 7.85. The van der Waals surface area contributed by atoms with Crippen molar-refractivity contribution in [2.75, 3.05) is 43.9 Å². The molecular weight excluding hydrogens is 344 g/mol. The maximum atomic E-state index is 12.0. The average molecular weight is 363 g/mol. The van der Waals surface area contributed by atoms with E-state index < -0.39 is 5.97 Å². The average Bonchev–Trinajstić information content (AvgIpc) is 2.65. The SMILES string of the molecule is COC(=O)c1ccc(N2CCNCC2)cc1Oc1cnc(N)c(Cl)c1. The summed E-state index contributed by atoms with van der Waals surface area (Å²) in [5.41, 5.74) is 6.92. The van der Waals surface area contributed by atoms with Crippen molar-refractivity contribution in [3.63, 3.8) is 0 Å². The molecule has 1 saturated heterocycles. The molecular formula is C17H19ClN4O3. The Morgan fingerprint density at radius 2 is 2.08 bits per heavy atom. The molecule has 0 saturated carbocycles. The van der Waals surface area contributed by atoms with E-state index in [0.717, 1.165) is 31.9 Å². The Balaban J connectivity index is 1.94. The molecule has 2 aromatic rings. The molecule has 3 rings (SSSR count). The summed E-state index contributed by atoms with van der Waals surface area (Å²) in [6, 6.07) is 6.97. The van der Waals surface area contributed by atoms with Gasteiger partial charge in [0.15, 0.2) is 0 Å². The van der Waals surface area contributed by atoms with Gasteiger partial charge in [0.1, 0.15) is 22.9 Å². The van der Waals surface area contributed by atoms with Crippen molar-refractivity contribution in [1.29, 1.82) is 0 Å². The third-order valence-corrected chi connectivity index (χ3v) is 4.23. The van der Waals surface area contributed by atoms with Gasteiger partial charge in [0.2, 0.25) is 0 Å². The van der Waals surface area contributed by atoms with Crippen LogP contribution in [0.15, 0.2) is 30.5 Å². The van der Waals surface area contributed by atoms with Gasteiger partial charge in [-0.05, 0) is 12.1 Å². The van der Waals surface area contributed by atoms with Gasteiger partial charge in [-0.2, -0.15) is 0 Å². The van der Waals surface area contributed by atoms with Gasteiger partial charge in [0.25, 0.3) is 0 Å². The van der Waals surface area contributed by atoms with Crippen LogP contribution in [0.3, 0.4) is 0 Å². The second-order valence-corrected chi connectivity index (χ2v) is 5.96. The fraction of sp³-hybridized carbons (Fsp3) is 0.294. The van der Waals surface area contributed by atoms with E-state index in [0.29, 0.717) is 17.1 Å². The number of piperazine rings is 1. The van der Waals surface area contributed by atoms with Crippen LogP contribution >= 0.6 is 11.6 Å². The number of methoxy groups -OCH3 is 1. The van der Waals surface area contributed by atoms with Crippen molar-refractivity contribution in [2.24, 2.45) is 0 Å². The number of carbonyl (C=O) groups excluding carboxylic acids is 1. The highest BCUT2D eigenvalue weighted by molar-refractivity contribution is 6.32. The normalized spacial score (nSPS) is 14.2. The molecule has 8 heteroatoms. The smallest absolute Gasteiger partial charge is 0.341 e. The first-order valence-corrected chi connectivity index (χ1v) is 8.23. The highest BCUT2D eigenvalue weighted by Crippen LogP contribution is 2.32. The fourth-order valence-electron chi connectivity index (χ4n) is 2.61. The second-order valence-electron chi connectivity index (χ2n) is 5.55.